The van der Waals surface area contributed by atoms with Crippen LogP contribution < -0.4 is 11.3 Å². The van der Waals surface area contributed by atoms with Crippen LogP contribution in [0.1, 0.15) is 27.2 Å². The number of aryl methyl sites for hydroxylation is 2. The summed E-state index contributed by atoms with van der Waals surface area (Å²) in [5.74, 6) is 5.66. The van der Waals surface area contributed by atoms with Crippen LogP contribution in [0.15, 0.2) is 22.7 Å². The SMILES string of the molecule is Cc1nc(CC(NN)c2ccc(Br)c(Cl)c2)sc1C. The van der Waals surface area contributed by atoms with Gasteiger partial charge in [-0.05, 0) is 47.5 Å². The number of hydrazine groups is 1. The van der Waals surface area contributed by atoms with Crippen molar-refractivity contribution in [2.24, 2.45) is 5.84 Å². The van der Waals surface area contributed by atoms with E-state index >= 15 is 0 Å². The first kappa shape index (κ1) is 14.9. The minimum absolute atomic E-state index is 0.00977. The van der Waals surface area contributed by atoms with E-state index in [9.17, 15) is 0 Å². The lowest BCUT2D eigenvalue weighted by Crippen LogP contribution is -2.29. The number of hydrogen-bond donors (Lipinski definition) is 2. The van der Waals surface area contributed by atoms with Crippen LogP contribution in [0.5, 0.6) is 0 Å². The lowest BCUT2D eigenvalue weighted by Gasteiger charge is -2.15. The molecule has 1 aromatic heterocycles. The summed E-state index contributed by atoms with van der Waals surface area (Å²) in [7, 11) is 0. The number of rotatable bonds is 4. The molecule has 0 radical (unpaired) electrons. The third kappa shape index (κ3) is 3.55. The summed E-state index contributed by atoms with van der Waals surface area (Å²) in [6.45, 7) is 4.11. The smallest absolute Gasteiger partial charge is 0.0950 e. The Morgan fingerprint density at radius 2 is 2.21 bits per heavy atom. The summed E-state index contributed by atoms with van der Waals surface area (Å²) in [4.78, 5) is 5.79. The molecule has 19 heavy (non-hydrogen) atoms. The van der Waals surface area contributed by atoms with Crippen LogP contribution in [-0.2, 0) is 6.42 Å². The molecule has 0 aliphatic rings. The maximum absolute atomic E-state index is 6.12. The van der Waals surface area contributed by atoms with E-state index in [0.29, 0.717) is 5.02 Å². The first-order valence-corrected chi connectivity index (χ1v) is 7.84. The highest BCUT2D eigenvalue weighted by Crippen LogP contribution is 2.28. The Bertz CT molecular complexity index is 566. The zero-order valence-electron chi connectivity index (χ0n) is 10.7. The Morgan fingerprint density at radius 3 is 2.74 bits per heavy atom. The topological polar surface area (TPSA) is 50.9 Å². The quantitative estimate of drug-likeness (QED) is 0.642. The van der Waals surface area contributed by atoms with Crippen molar-refractivity contribution >= 4 is 38.9 Å². The van der Waals surface area contributed by atoms with Gasteiger partial charge < -0.3 is 0 Å². The van der Waals surface area contributed by atoms with Gasteiger partial charge in [0.1, 0.15) is 0 Å². The van der Waals surface area contributed by atoms with Gasteiger partial charge in [-0.25, -0.2) is 4.98 Å². The number of nitrogens with two attached hydrogens (primary N) is 1. The Hall–Kier alpha value is -0.460. The Morgan fingerprint density at radius 1 is 1.47 bits per heavy atom. The van der Waals surface area contributed by atoms with Gasteiger partial charge in [-0.3, -0.25) is 11.3 Å². The second kappa shape index (κ2) is 6.33. The molecule has 0 saturated heterocycles. The lowest BCUT2D eigenvalue weighted by molar-refractivity contribution is 0.550. The van der Waals surface area contributed by atoms with Gasteiger partial charge in [0.25, 0.3) is 0 Å². The van der Waals surface area contributed by atoms with Crippen LogP contribution >= 0.6 is 38.9 Å². The molecule has 0 saturated carbocycles. The molecular weight excluding hydrogens is 346 g/mol. The summed E-state index contributed by atoms with van der Waals surface area (Å²) < 4.78 is 0.884. The van der Waals surface area contributed by atoms with Crippen LogP contribution in [0.3, 0.4) is 0 Å². The standard InChI is InChI=1S/C13H15BrClN3S/c1-7-8(2)19-13(17-7)6-12(18-16)9-3-4-10(14)11(15)5-9/h3-5,12,18H,6,16H2,1-2H3. The number of nitrogens with one attached hydrogen (secondary N) is 1. The molecule has 2 aromatic rings. The van der Waals surface area contributed by atoms with Gasteiger partial charge in [0.2, 0.25) is 0 Å². The van der Waals surface area contributed by atoms with Crippen molar-refractivity contribution in [3.05, 3.63) is 48.8 Å². The van der Waals surface area contributed by atoms with Gasteiger partial charge in [-0.15, -0.1) is 11.3 Å². The van der Waals surface area contributed by atoms with Gasteiger partial charge in [0, 0.05) is 15.8 Å². The molecule has 2 rings (SSSR count). The van der Waals surface area contributed by atoms with Crippen molar-refractivity contribution in [1.82, 2.24) is 10.4 Å². The van der Waals surface area contributed by atoms with Crippen molar-refractivity contribution in [2.45, 2.75) is 26.3 Å². The molecule has 6 heteroatoms. The van der Waals surface area contributed by atoms with Gasteiger partial charge >= 0.3 is 0 Å². The molecule has 0 amide bonds. The molecule has 0 bridgehead atoms. The second-order valence-electron chi connectivity index (χ2n) is 4.35. The van der Waals surface area contributed by atoms with Gasteiger partial charge in [-0.1, -0.05) is 17.7 Å². The molecule has 1 atom stereocenters. The van der Waals surface area contributed by atoms with Crippen LogP contribution in [0.4, 0.5) is 0 Å². The Kier molecular flexibility index (Phi) is 4.97. The van der Waals surface area contributed by atoms with E-state index in [1.165, 1.54) is 4.88 Å². The normalized spacial score (nSPS) is 12.7. The van der Waals surface area contributed by atoms with Gasteiger partial charge in [0.05, 0.1) is 21.8 Å². The zero-order valence-corrected chi connectivity index (χ0v) is 13.9. The van der Waals surface area contributed by atoms with Crippen LogP contribution in [0, 0.1) is 13.8 Å². The summed E-state index contributed by atoms with van der Waals surface area (Å²) in [6.07, 6.45) is 0.758. The fraction of sp³-hybridized carbons (Fsp3) is 0.308. The molecule has 102 valence electrons. The summed E-state index contributed by atoms with van der Waals surface area (Å²) in [5, 5.41) is 1.77. The lowest BCUT2D eigenvalue weighted by atomic mass is 10.1. The highest BCUT2D eigenvalue weighted by Gasteiger charge is 2.15. The number of hydrogen-bond acceptors (Lipinski definition) is 4. The monoisotopic (exact) mass is 359 g/mol. The highest BCUT2D eigenvalue weighted by atomic mass is 79.9. The minimum atomic E-state index is 0.00977. The molecule has 0 aliphatic carbocycles. The molecule has 1 aromatic carbocycles. The van der Waals surface area contributed by atoms with Crippen LogP contribution in [0.2, 0.25) is 5.02 Å². The summed E-state index contributed by atoms with van der Waals surface area (Å²) in [5.41, 5.74) is 4.98. The molecular formula is C13H15BrClN3S. The van der Waals surface area contributed by atoms with Crippen LogP contribution in [-0.4, -0.2) is 4.98 Å². The Balaban J connectivity index is 2.22. The third-order valence-electron chi connectivity index (χ3n) is 3.00. The molecule has 3 nitrogen and oxygen atoms in total. The van der Waals surface area contributed by atoms with E-state index in [-0.39, 0.29) is 6.04 Å². The maximum atomic E-state index is 6.12. The average Bonchev–Trinajstić information content (AvgIpc) is 2.69. The van der Waals surface area contributed by atoms with Gasteiger partial charge in [-0.2, -0.15) is 0 Å². The molecule has 3 N–H and O–H groups in total. The van der Waals surface area contributed by atoms with E-state index in [1.54, 1.807) is 11.3 Å². The fourth-order valence-electron chi connectivity index (χ4n) is 1.80. The van der Waals surface area contributed by atoms with Crippen molar-refractivity contribution < 1.29 is 0 Å². The maximum Gasteiger partial charge on any atom is 0.0950 e. The molecule has 0 fully saturated rings. The van der Waals surface area contributed by atoms with E-state index in [2.05, 4.69) is 33.3 Å². The number of aromatic nitrogens is 1. The molecule has 0 spiro atoms. The second-order valence-corrected chi connectivity index (χ2v) is 6.90. The van der Waals surface area contributed by atoms with E-state index in [4.69, 9.17) is 17.4 Å². The predicted octanol–water partition coefficient (Wildman–Crippen LogP) is 3.92. The third-order valence-corrected chi connectivity index (χ3v) is 5.33. The number of thiazole rings is 1. The van der Waals surface area contributed by atoms with E-state index in [1.807, 2.05) is 25.1 Å². The molecule has 1 unspecified atom stereocenters. The fourth-order valence-corrected chi connectivity index (χ4v) is 3.22. The Labute approximate surface area is 130 Å². The average molecular weight is 361 g/mol. The van der Waals surface area contributed by atoms with Crippen LogP contribution in [0.25, 0.3) is 0 Å². The number of halogens is 2. The van der Waals surface area contributed by atoms with E-state index < -0.39 is 0 Å². The number of nitrogens with zero attached hydrogens (tertiary/aromatic N) is 1. The molecule has 0 aliphatic heterocycles. The van der Waals surface area contributed by atoms with E-state index in [0.717, 1.165) is 27.2 Å². The summed E-state index contributed by atoms with van der Waals surface area (Å²) >= 11 is 11.2. The first-order valence-electron chi connectivity index (χ1n) is 5.85. The highest BCUT2D eigenvalue weighted by molar-refractivity contribution is 9.10. The van der Waals surface area contributed by atoms with Crippen molar-refractivity contribution in [3.63, 3.8) is 0 Å². The largest absolute Gasteiger partial charge is 0.271 e. The number of benzene rings is 1. The zero-order chi connectivity index (χ0) is 14.0. The molecule has 1 heterocycles. The van der Waals surface area contributed by atoms with Gasteiger partial charge in [0.15, 0.2) is 0 Å². The first-order chi connectivity index (χ1) is 9.01. The minimum Gasteiger partial charge on any atom is -0.271 e. The predicted molar refractivity (Wildman–Crippen MR) is 84.5 cm³/mol. The van der Waals surface area contributed by atoms with Crippen molar-refractivity contribution in [2.75, 3.05) is 0 Å². The van der Waals surface area contributed by atoms with Crippen molar-refractivity contribution in [3.8, 4) is 0 Å². The van der Waals surface area contributed by atoms with Crippen molar-refractivity contribution in [1.29, 1.82) is 0 Å². The summed E-state index contributed by atoms with van der Waals surface area (Å²) in [6, 6.07) is 5.87.